The van der Waals surface area contributed by atoms with Crippen molar-refractivity contribution in [3.05, 3.63) is 89.7 Å². The van der Waals surface area contributed by atoms with Crippen LogP contribution < -0.4 is 5.32 Å². The van der Waals surface area contributed by atoms with E-state index in [1.807, 2.05) is 48.7 Å². The molecular weight excluding hydrogens is 541 g/mol. The Balaban J connectivity index is 0.000000945. The molecule has 0 atom stereocenters. The normalized spacial score (nSPS) is 15.2. The molecule has 1 aliphatic rings. The van der Waals surface area contributed by atoms with Crippen LogP contribution in [0.3, 0.4) is 0 Å². The number of rotatable bonds is 4. The fourth-order valence-corrected chi connectivity index (χ4v) is 4.13. The summed E-state index contributed by atoms with van der Waals surface area (Å²) in [5.41, 5.74) is 3.48. The Hall–Kier alpha value is -0.936. The number of ketones is 1. The fraction of sp³-hybridized carbons (Fsp3) is 0.296. The van der Waals surface area contributed by atoms with Crippen molar-refractivity contribution in [3.8, 4) is 0 Å². The van der Waals surface area contributed by atoms with Crippen LogP contribution in [0.5, 0.6) is 0 Å². The average molecular weight is 572 g/mol. The number of anilines is 1. The number of nitrogens with one attached hydrogen (secondary N) is 1. The van der Waals surface area contributed by atoms with Crippen molar-refractivity contribution in [1.29, 1.82) is 0 Å². The molecule has 0 fully saturated rings. The van der Waals surface area contributed by atoms with Crippen molar-refractivity contribution < 1.29 is 19.5 Å². The zero-order chi connectivity index (χ0) is 25.5. The molecule has 181 valence electrons. The Morgan fingerprint density at radius 3 is 1.94 bits per heavy atom. The van der Waals surface area contributed by atoms with Gasteiger partial charge < -0.3 is 5.32 Å². The number of carbonyl (C=O) groups is 1. The zero-order valence-electron chi connectivity index (χ0n) is 20.4. The number of hydrogen-bond donors (Lipinski definition) is 1. The molecule has 1 N–H and O–H groups in total. The summed E-state index contributed by atoms with van der Waals surface area (Å²) < 4.78 is 0. The zero-order valence-corrected chi connectivity index (χ0v) is 25.0. The summed E-state index contributed by atoms with van der Waals surface area (Å²) in [7, 11) is 14.9. The first-order chi connectivity index (χ1) is 15.8. The topological polar surface area (TPSA) is 29.1 Å². The fourth-order valence-electron chi connectivity index (χ4n) is 3.19. The Kier molecular flexibility index (Phi) is 11.1. The van der Waals surface area contributed by atoms with E-state index >= 15 is 0 Å². The maximum atomic E-state index is 13.2. The maximum absolute atomic E-state index is 13.2. The standard InChI is InChI=1S/C27H31NOS.3ClH.Ti/c1-26(2,3)20-16-19(25(29)22(17-20)27(4,5)6)18-28-23-14-10-11-15-24(23)30-21-12-8-7-9-13-21;;;;/h7-18,28H,1-6H3;3*1H;/q;;;;+3/p-3/b19-18-;;;;. The molecule has 0 spiro atoms. The van der Waals surface area contributed by atoms with Crippen molar-refractivity contribution in [2.45, 2.75) is 51.3 Å². The Morgan fingerprint density at radius 1 is 0.824 bits per heavy atom. The van der Waals surface area contributed by atoms with Crippen molar-refractivity contribution >= 4 is 51.1 Å². The molecule has 0 aromatic heterocycles. The van der Waals surface area contributed by atoms with Gasteiger partial charge in [-0.25, -0.2) is 0 Å². The number of para-hydroxylation sites is 1. The number of allylic oxidation sites excluding steroid dienone is 5. The van der Waals surface area contributed by atoms with Crippen LogP contribution in [0, 0.1) is 10.8 Å². The summed E-state index contributed by atoms with van der Waals surface area (Å²) in [5, 5.41) is 3.40. The van der Waals surface area contributed by atoms with E-state index in [1.165, 1.54) is 10.5 Å². The quantitative estimate of drug-likeness (QED) is 0.293. The average Bonchev–Trinajstić information content (AvgIpc) is 2.72. The molecule has 34 heavy (non-hydrogen) atoms. The van der Waals surface area contributed by atoms with Gasteiger partial charge in [0.15, 0.2) is 5.78 Å². The predicted octanol–water partition coefficient (Wildman–Crippen LogP) is 9.73. The Labute approximate surface area is 226 Å². The second-order valence-electron chi connectivity index (χ2n) is 9.86. The van der Waals surface area contributed by atoms with Crippen LogP contribution in [0.25, 0.3) is 0 Å². The minimum atomic E-state index is -1.92. The summed E-state index contributed by atoms with van der Waals surface area (Å²) in [6.45, 7) is 12.8. The van der Waals surface area contributed by atoms with Crippen LogP contribution in [0.2, 0.25) is 0 Å². The van der Waals surface area contributed by atoms with Crippen LogP contribution in [0.4, 0.5) is 5.69 Å². The molecule has 2 aromatic carbocycles. The van der Waals surface area contributed by atoms with Gasteiger partial charge in [0.25, 0.3) is 0 Å². The molecule has 7 heteroatoms. The molecule has 0 heterocycles. The number of carbonyl (C=O) groups excluding carboxylic acids is 1. The number of hydrogen-bond acceptors (Lipinski definition) is 3. The van der Waals surface area contributed by atoms with Gasteiger partial charge in [0.2, 0.25) is 0 Å². The minimum absolute atomic E-state index is 0.0304. The molecule has 0 aliphatic heterocycles. The van der Waals surface area contributed by atoms with Crippen LogP contribution >= 0.6 is 39.7 Å². The Morgan fingerprint density at radius 2 is 1.38 bits per heavy atom. The molecule has 2 aromatic rings. The molecule has 0 saturated carbocycles. The van der Waals surface area contributed by atoms with E-state index in [1.54, 1.807) is 11.8 Å². The molecule has 2 nitrogen and oxygen atoms in total. The third-order valence-corrected chi connectivity index (χ3v) is 6.12. The van der Waals surface area contributed by atoms with E-state index in [0.29, 0.717) is 5.57 Å². The van der Waals surface area contributed by atoms with Gasteiger partial charge >= 0.3 is 42.6 Å². The van der Waals surface area contributed by atoms with Crippen LogP contribution in [-0.2, 0) is 19.5 Å². The van der Waals surface area contributed by atoms with Gasteiger partial charge in [0, 0.05) is 27.1 Å². The van der Waals surface area contributed by atoms with E-state index in [0.717, 1.165) is 16.2 Å². The third-order valence-electron chi connectivity index (χ3n) is 5.03. The van der Waals surface area contributed by atoms with Gasteiger partial charge in [-0.15, -0.1) is 0 Å². The number of Topliss-reactive ketones (excluding diaryl/α,β-unsaturated/α-hetero) is 1. The van der Waals surface area contributed by atoms with E-state index in [4.69, 9.17) is 27.9 Å². The first-order valence-electron chi connectivity index (χ1n) is 10.9. The van der Waals surface area contributed by atoms with Crippen molar-refractivity contribution in [2.75, 3.05) is 5.32 Å². The van der Waals surface area contributed by atoms with E-state index in [9.17, 15) is 4.79 Å². The van der Waals surface area contributed by atoms with E-state index < -0.39 is 14.7 Å². The molecule has 0 unspecified atom stereocenters. The SMILES string of the molecule is CC(C)(C)C1=C/C(=C/Nc2ccccc2Sc2ccccc2)C(=O)C(C(C)(C)C)=C1.[Cl][Ti]([Cl])[Cl]. The second kappa shape index (κ2) is 12.9. The van der Waals surface area contributed by atoms with Gasteiger partial charge in [0.05, 0.1) is 5.69 Å². The van der Waals surface area contributed by atoms with Gasteiger partial charge in [-0.05, 0) is 46.7 Å². The van der Waals surface area contributed by atoms with Crippen molar-refractivity contribution in [3.63, 3.8) is 0 Å². The summed E-state index contributed by atoms with van der Waals surface area (Å²) in [4.78, 5) is 15.5. The second-order valence-corrected chi connectivity index (χ2v) is 18.7. The summed E-state index contributed by atoms with van der Waals surface area (Å²) >= 11 is -0.209. The van der Waals surface area contributed by atoms with Gasteiger partial charge in [0.1, 0.15) is 0 Å². The number of benzene rings is 2. The summed E-state index contributed by atoms with van der Waals surface area (Å²) in [6.07, 6.45) is 5.97. The summed E-state index contributed by atoms with van der Waals surface area (Å²) in [6, 6.07) is 18.5. The van der Waals surface area contributed by atoms with Gasteiger partial charge in [-0.3, -0.25) is 4.79 Å². The molecule has 1 aliphatic carbocycles. The first kappa shape index (κ1) is 29.3. The van der Waals surface area contributed by atoms with Crippen molar-refractivity contribution in [1.82, 2.24) is 0 Å². The van der Waals surface area contributed by atoms with Gasteiger partial charge in [-0.2, -0.15) is 0 Å². The van der Waals surface area contributed by atoms with Gasteiger partial charge in [-0.1, -0.05) is 89.7 Å². The Bertz CT molecular complexity index is 1080. The molecular formula is C27H31Cl3NOSTi. The van der Waals surface area contributed by atoms with Crippen LogP contribution in [0.1, 0.15) is 41.5 Å². The summed E-state index contributed by atoms with van der Waals surface area (Å²) in [5.74, 6) is 0.0937. The van der Waals surface area contributed by atoms with Crippen LogP contribution in [0.15, 0.2) is 99.5 Å². The molecule has 3 rings (SSSR count). The predicted molar refractivity (Wildman–Crippen MR) is 146 cm³/mol. The molecule has 0 radical (unpaired) electrons. The monoisotopic (exact) mass is 570 g/mol. The van der Waals surface area contributed by atoms with E-state index in [-0.39, 0.29) is 16.6 Å². The molecule has 0 bridgehead atoms. The first-order valence-corrected chi connectivity index (χ1v) is 18.2. The molecule has 0 amide bonds. The third kappa shape index (κ3) is 9.26. The van der Waals surface area contributed by atoms with Crippen LogP contribution in [-0.4, -0.2) is 5.78 Å². The van der Waals surface area contributed by atoms with Crippen molar-refractivity contribution in [2.24, 2.45) is 10.8 Å². The molecule has 0 saturated heterocycles. The van der Waals surface area contributed by atoms with E-state index in [2.05, 4.69) is 71.1 Å². The number of halogens is 3.